The van der Waals surface area contributed by atoms with Gasteiger partial charge >= 0.3 is 18.8 Å². The molecule has 0 aliphatic rings. The number of carbonyl (C=O) groups excluding carboxylic acids is 1. The van der Waals surface area contributed by atoms with E-state index in [-0.39, 0.29) is 17.8 Å². The number of ether oxygens (including phenoxy) is 1. The van der Waals surface area contributed by atoms with E-state index in [1.807, 2.05) is 48.5 Å². The zero-order chi connectivity index (χ0) is 36.7. The summed E-state index contributed by atoms with van der Waals surface area (Å²) in [5.41, 5.74) is 3.51. The monoisotopic (exact) mass is 687 g/mol. The molecule has 262 valence electrons. The smallest absolute Gasteiger partial charge is 0.483 e. The fraction of sp³-hybridized carbons (Fsp3) is 0.323. The van der Waals surface area contributed by atoms with Gasteiger partial charge in [0.2, 0.25) is 5.88 Å². The summed E-state index contributed by atoms with van der Waals surface area (Å²) in [6.07, 6.45) is -3.41. The van der Waals surface area contributed by atoms with Crippen molar-refractivity contribution in [3.8, 4) is 11.6 Å². The van der Waals surface area contributed by atoms with Gasteiger partial charge in [0.15, 0.2) is 11.5 Å². The quantitative estimate of drug-likeness (QED) is 0.133. The van der Waals surface area contributed by atoms with Gasteiger partial charge in [-0.3, -0.25) is 9.59 Å². The Morgan fingerprint density at radius 2 is 1.54 bits per heavy atom. The van der Waals surface area contributed by atoms with Crippen LogP contribution in [-0.4, -0.2) is 69.1 Å². The lowest BCUT2D eigenvalue weighted by Crippen LogP contribution is -2.21. The van der Waals surface area contributed by atoms with Crippen LogP contribution in [-0.2, 0) is 15.0 Å². The maximum absolute atomic E-state index is 12.7. The number of carboxylic acids is 1. The number of nitrogens with zero attached hydrogens (tertiary/aromatic N) is 4. The number of rotatable bonds is 7. The highest BCUT2D eigenvalue weighted by Gasteiger charge is 2.38. The topological polar surface area (TPSA) is 146 Å². The van der Waals surface area contributed by atoms with Gasteiger partial charge in [-0.05, 0) is 55.2 Å². The third-order valence-electron chi connectivity index (χ3n) is 5.96. The molecule has 0 saturated heterocycles. The molecule has 2 heterocycles. The minimum atomic E-state index is -5.08. The van der Waals surface area contributed by atoms with E-state index in [1.54, 1.807) is 16.8 Å². The summed E-state index contributed by atoms with van der Waals surface area (Å²) in [6, 6.07) is 19.2. The molecule has 0 unspecified atom stereocenters. The molecule has 0 spiro atoms. The average molecular weight is 688 g/mol. The first-order valence-electron chi connectivity index (χ1n) is 14.0. The van der Waals surface area contributed by atoms with Gasteiger partial charge in [-0.25, -0.2) is 14.3 Å². The molecule has 0 bridgehead atoms. The van der Waals surface area contributed by atoms with Gasteiger partial charge in [0.25, 0.3) is 12.4 Å². The van der Waals surface area contributed by atoms with Crippen molar-refractivity contribution in [2.75, 3.05) is 23.3 Å². The highest BCUT2D eigenvalue weighted by atomic mass is 19.4. The van der Waals surface area contributed by atoms with Crippen molar-refractivity contribution in [1.82, 2.24) is 14.6 Å². The molecule has 2 aromatic heterocycles. The number of nitrogens with one attached hydrogen (secondary N) is 1. The Morgan fingerprint density at radius 1 is 1.00 bits per heavy atom. The van der Waals surface area contributed by atoms with E-state index < -0.39 is 18.8 Å². The molecule has 3 N–H and O–H groups in total. The molecule has 4 aromatic rings. The molecule has 0 fully saturated rings. The van der Waals surface area contributed by atoms with Crippen molar-refractivity contribution in [3.05, 3.63) is 78.0 Å². The normalized spacial score (nSPS) is 10.8. The summed E-state index contributed by atoms with van der Waals surface area (Å²) >= 11 is 0. The number of benzene rings is 2. The molecular formula is C31H35F6N5O6. The van der Waals surface area contributed by atoms with E-state index in [4.69, 9.17) is 24.5 Å². The van der Waals surface area contributed by atoms with Crippen LogP contribution in [0.2, 0.25) is 0 Å². The van der Waals surface area contributed by atoms with Crippen LogP contribution in [0.3, 0.4) is 0 Å². The number of aromatic nitrogens is 3. The Bertz CT molecular complexity index is 1600. The van der Waals surface area contributed by atoms with E-state index in [2.05, 4.69) is 61.0 Å². The molecule has 0 aliphatic heterocycles. The molecule has 11 nitrogen and oxygen atoms in total. The Hall–Kier alpha value is -5.35. The van der Waals surface area contributed by atoms with Gasteiger partial charge in [0.1, 0.15) is 5.75 Å². The molecule has 48 heavy (non-hydrogen) atoms. The Kier molecular flexibility index (Phi) is 15.9. The van der Waals surface area contributed by atoms with Crippen LogP contribution < -0.4 is 15.0 Å². The van der Waals surface area contributed by atoms with E-state index in [0.717, 1.165) is 18.8 Å². The maximum atomic E-state index is 12.7. The predicted molar refractivity (Wildman–Crippen MR) is 166 cm³/mol. The summed E-state index contributed by atoms with van der Waals surface area (Å²) in [4.78, 5) is 36.6. The summed E-state index contributed by atoms with van der Waals surface area (Å²) in [5.74, 6) is -1.39. The van der Waals surface area contributed by atoms with Crippen molar-refractivity contribution in [2.45, 2.75) is 52.9 Å². The summed E-state index contributed by atoms with van der Waals surface area (Å²) in [7, 11) is 0. The number of imidazole rings is 1. The van der Waals surface area contributed by atoms with Crippen LogP contribution in [0.1, 0.15) is 50.5 Å². The number of halogens is 6. The minimum Gasteiger partial charge on any atom is -0.483 e. The SMILES string of the molecule is CCN(CC)c1cccc(Oc2ccc3nc(NC(=O)c4ccc(C(C)(C)C)cc4)cn3n2)c1.FC(F)F.O=C(O)C(F)(F)F.O=CO. The van der Waals surface area contributed by atoms with Crippen LogP contribution in [0.25, 0.3) is 5.65 Å². The van der Waals surface area contributed by atoms with Crippen LogP contribution in [0.4, 0.5) is 37.8 Å². The van der Waals surface area contributed by atoms with Crippen molar-refractivity contribution in [1.29, 1.82) is 0 Å². The number of fused-ring (bicyclic) bond motifs is 1. The third kappa shape index (κ3) is 14.0. The minimum absolute atomic E-state index is 0.0365. The number of hydrogen-bond donors (Lipinski definition) is 3. The second kappa shape index (κ2) is 18.7. The Labute approximate surface area is 271 Å². The standard InChI is InChI=1S/C27H31N5O2.C2HF3O2.CHF3.CH2O2/c1-6-31(7-2)21-9-8-10-22(17-21)34-25-16-15-24-28-23(18-32(24)30-25)29-26(33)19-11-13-20(14-12-19)27(3,4)5;3-2(4,5)1(6)7;2-1(3)4;2-1-3/h8-18H,6-7H2,1-5H3,(H,29,33);(H,6,7);1H;1H,(H,2,3). The number of aliphatic carboxylic acids is 1. The first-order valence-corrected chi connectivity index (χ1v) is 14.0. The van der Waals surface area contributed by atoms with Gasteiger partial charge in [0.05, 0.1) is 6.20 Å². The van der Waals surface area contributed by atoms with E-state index in [9.17, 15) is 31.1 Å². The second-order valence-electron chi connectivity index (χ2n) is 10.3. The van der Waals surface area contributed by atoms with Crippen LogP contribution >= 0.6 is 0 Å². The lowest BCUT2D eigenvalue weighted by molar-refractivity contribution is -0.192. The number of alkyl halides is 6. The number of anilines is 2. The summed E-state index contributed by atoms with van der Waals surface area (Å²) in [5, 5.41) is 21.4. The molecule has 0 aliphatic carbocycles. The van der Waals surface area contributed by atoms with Crippen LogP contribution in [0, 0.1) is 0 Å². The Balaban J connectivity index is 0.000000696. The molecule has 4 rings (SSSR count). The van der Waals surface area contributed by atoms with Crippen LogP contribution in [0.15, 0.2) is 66.9 Å². The van der Waals surface area contributed by atoms with Gasteiger partial charge < -0.3 is 25.2 Å². The molecule has 2 aromatic carbocycles. The fourth-order valence-electron chi connectivity index (χ4n) is 3.74. The van der Waals surface area contributed by atoms with Crippen molar-refractivity contribution < 1.29 is 55.7 Å². The van der Waals surface area contributed by atoms with Gasteiger partial charge in [0, 0.05) is 36.5 Å². The van der Waals surface area contributed by atoms with Crippen LogP contribution in [0.5, 0.6) is 11.6 Å². The third-order valence-corrected chi connectivity index (χ3v) is 5.96. The number of carbonyl (C=O) groups is 3. The number of carboxylic acid groups (broad SMARTS) is 2. The largest absolute Gasteiger partial charge is 0.490 e. The zero-order valence-electron chi connectivity index (χ0n) is 26.5. The first-order chi connectivity index (χ1) is 22.4. The maximum Gasteiger partial charge on any atom is 0.490 e. The lowest BCUT2D eigenvalue weighted by atomic mass is 9.87. The molecule has 17 heteroatoms. The first kappa shape index (κ1) is 40.7. The summed E-state index contributed by atoms with van der Waals surface area (Å²) in [6.45, 7) is 8.62. The molecule has 1 amide bonds. The highest BCUT2D eigenvalue weighted by molar-refractivity contribution is 6.03. The number of amides is 1. The average Bonchev–Trinajstić information content (AvgIpc) is 3.39. The molecule has 0 saturated carbocycles. The second-order valence-corrected chi connectivity index (χ2v) is 10.3. The van der Waals surface area contributed by atoms with Crippen molar-refractivity contribution in [3.63, 3.8) is 0 Å². The van der Waals surface area contributed by atoms with Gasteiger partial charge in [-0.15, -0.1) is 5.10 Å². The van der Waals surface area contributed by atoms with Crippen molar-refractivity contribution in [2.24, 2.45) is 0 Å². The summed E-state index contributed by atoms with van der Waals surface area (Å²) < 4.78 is 68.3. The van der Waals surface area contributed by atoms with E-state index in [1.165, 1.54) is 5.56 Å². The molecular weight excluding hydrogens is 652 g/mol. The van der Waals surface area contributed by atoms with Gasteiger partial charge in [-0.2, -0.15) is 26.3 Å². The fourth-order valence-corrected chi connectivity index (χ4v) is 3.74. The van der Waals surface area contributed by atoms with E-state index >= 15 is 0 Å². The molecule has 0 radical (unpaired) electrons. The predicted octanol–water partition coefficient (Wildman–Crippen LogP) is 7.43. The molecule has 0 atom stereocenters. The Morgan fingerprint density at radius 3 is 2.02 bits per heavy atom. The number of hydrogen-bond acceptors (Lipinski definition) is 7. The lowest BCUT2D eigenvalue weighted by Gasteiger charge is -2.21. The zero-order valence-corrected chi connectivity index (χ0v) is 26.5. The van der Waals surface area contributed by atoms with Crippen molar-refractivity contribution >= 4 is 35.5 Å². The van der Waals surface area contributed by atoms with Gasteiger partial charge in [-0.1, -0.05) is 39.0 Å². The highest BCUT2D eigenvalue weighted by Crippen LogP contribution is 2.26. The van der Waals surface area contributed by atoms with E-state index in [0.29, 0.717) is 28.7 Å².